The zero-order valence-electron chi connectivity index (χ0n) is 9.86. The summed E-state index contributed by atoms with van der Waals surface area (Å²) >= 11 is 0. The summed E-state index contributed by atoms with van der Waals surface area (Å²) in [6.45, 7) is 4.49. The van der Waals surface area contributed by atoms with Crippen LogP contribution in [-0.4, -0.2) is 23.6 Å². The Hall–Kier alpha value is -1.29. The van der Waals surface area contributed by atoms with Gasteiger partial charge in [-0.1, -0.05) is 6.92 Å². The van der Waals surface area contributed by atoms with E-state index >= 15 is 0 Å². The van der Waals surface area contributed by atoms with Crippen molar-refractivity contribution in [2.45, 2.75) is 13.5 Å². The first-order valence-electron chi connectivity index (χ1n) is 5.77. The molecule has 88 valence electrons. The topological polar surface area (TPSA) is 46.1 Å². The largest absolute Gasteiger partial charge is 0.353 e. The third-order valence-corrected chi connectivity index (χ3v) is 3.35. The van der Waals surface area contributed by atoms with Crippen LogP contribution in [0.3, 0.4) is 0 Å². The molecule has 1 aromatic rings. The molecule has 0 aliphatic carbocycles. The molecule has 0 bridgehead atoms. The molecule has 4 heteroatoms. The molecule has 1 aliphatic rings. The molecule has 1 saturated heterocycles. The van der Waals surface area contributed by atoms with Gasteiger partial charge in [0, 0.05) is 25.5 Å². The first kappa shape index (κ1) is 11.2. The Morgan fingerprint density at radius 3 is 3.00 bits per heavy atom. The second-order valence-corrected chi connectivity index (χ2v) is 4.57. The monoisotopic (exact) mass is 221 g/mol. The number of hydrogen-bond donors (Lipinski definition) is 2. The molecule has 4 nitrogen and oxygen atoms in total. The van der Waals surface area contributed by atoms with Crippen LogP contribution < -0.4 is 10.6 Å². The molecule has 2 atom stereocenters. The summed E-state index contributed by atoms with van der Waals surface area (Å²) in [7, 11) is 1.99. The van der Waals surface area contributed by atoms with Gasteiger partial charge in [-0.2, -0.15) is 0 Å². The van der Waals surface area contributed by atoms with Gasteiger partial charge in [0.2, 0.25) is 5.91 Å². The van der Waals surface area contributed by atoms with Crippen molar-refractivity contribution in [3.8, 4) is 0 Å². The van der Waals surface area contributed by atoms with Crippen LogP contribution in [0.5, 0.6) is 0 Å². The predicted octanol–water partition coefficient (Wildman–Crippen LogP) is 0.497. The third-order valence-electron chi connectivity index (χ3n) is 3.35. The van der Waals surface area contributed by atoms with Crippen LogP contribution in [0.25, 0.3) is 0 Å². The van der Waals surface area contributed by atoms with Crippen molar-refractivity contribution in [1.29, 1.82) is 0 Å². The molecule has 2 N–H and O–H groups in total. The summed E-state index contributed by atoms with van der Waals surface area (Å²) in [5, 5.41) is 6.24. The quantitative estimate of drug-likeness (QED) is 0.780. The molecule has 1 fully saturated rings. The lowest BCUT2D eigenvalue weighted by molar-refractivity contribution is -0.125. The average molecular weight is 221 g/mol. The molecule has 0 saturated carbocycles. The van der Waals surface area contributed by atoms with E-state index in [-0.39, 0.29) is 11.8 Å². The van der Waals surface area contributed by atoms with Crippen molar-refractivity contribution in [3.63, 3.8) is 0 Å². The molecule has 2 heterocycles. The van der Waals surface area contributed by atoms with Crippen LogP contribution >= 0.6 is 0 Å². The maximum absolute atomic E-state index is 11.9. The summed E-state index contributed by atoms with van der Waals surface area (Å²) in [6.07, 6.45) is 1.99. The highest BCUT2D eigenvalue weighted by Gasteiger charge is 2.29. The number of nitrogens with zero attached hydrogens (tertiary/aromatic N) is 1. The Bertz CT molecular complexity index is 372. The van der Waals surface area contributed by atoms with Gasteiger partial charge in [-0.05, 0) is 24.6 Å². The Labute approximate surface area is 96.0 Å². The van der Waals surface area contributed by atoms with Gasteiger partial charge in [0.1, 0.15) is 0 Å². The minimum atomic E-state index is 0.125. The first-order chi connectivity index (χ1) is 7.68. The van der Waals surface area contributed by atoms with Gasteiger partial charge >= 0.3 is 0 Å². The third kappa shape index (κ3) is 2.27. The van der Waals surface area contributed by atoms with Crippen molar-refractivity contribution >= 4 is 5.91 Å². The van der Waals surface area contributed by atoms with E-state index in [9.17, 15) is 4.79 Å². The van der Waals surface area contributed by atoms with Gasteiger partial charge in [-0.15, -0.1) is 0 Å². The van der Waals surface area contributed by atoms with E-state index in [1.165, 1.54) is 0 Å². The molecule has 0 unspecified atom stereocenters. The van der Waals surface area contributed by atoms with Crippen molar-refractivity contribution in [2.24, 2.45) is 18.9 Å². The lowest BCUT2D eigenvalue weighted by atomic mass is 9.97. The molecule has 1 amide bonds. The fourth-order valence-electron chi connectivity index (χ4n) is 2.15. The van der Waals surface area contributed by atoms with Gasteiger partial charge < -0.3 is 15.2 Å². The molecule has 2 rings (SSSR count). The minimum Gasteiger partial charge on any atom is -0.353 e. The summed E-state index contributed by atoms with van der Waals surface area (Å²) in [4.78, 5) is 11.9. The highest BCUT2D eigenvalue weighted by molar-refractivity contribution is 5.79. The van der Waals surface area contributed by atoms with E-state index in [0.717, 1.165) is 18.8 Å². The fourth-order valence-corrected chi connectivity index (χ4v) is 2.15. The van der Waals surface area contributed by atoms with E-state index in [2.05, 4.69) is 17.6 Å². The Morgan fingerprint density at radius 1 is 1.62 bits per heavy atom. The van der Waals surface area contributed by atoms with Crippen LogP contribution in [0.15, 0.2) is 18.3 Å². The molecular formula is C12H19N3O. The van der Waals surface area contributed by atoms with E-state index < -0.39 is 0 Å². The normalized spacial score (nSPS) is 24.6. The van der Waals surface area contributed by atoms with Crippen LogP contribution in [0.2, 0.25) is 0 Å². The molecule has 0 radical (unpaired) electrons. The summed E-state index contributed by atoms with van der Waals surface area (Å²) in [5.41, 5.74) is 1.13. The predicted molar refractivity (Wildman–Crippen MR) is 62.8 cm³/mol. The number of rotatable bonds is 3. The van der Waals surface area contributed by atoms with Crippen LogP contribution in [-0.2, 0) is 18.4 Å². The number of carbonyl (C=O) groups excluding carboxylic acids is 1. The molecule has 1 aromatic heterocycles. The number of amides is 1. The SMILES string of the molecule is C[C@@H]1CNC[C@H]1C(=O)NCc1cccn1C. The molecule has 0 spiro atoms. The molecule has 0 aromatic carbocycles. The van der Waals surface area contributed by atoms with Gasteiger partial charge in [0.25, 0.3) is 0 Å². The van der Waals surface area contributed by atoms with E-state index in [0.29, 0.717) is 12.5 Å². The lowest BCUT2D eigenvalue weighted by Crippen LogP contribution is -2.34. The standard InChI is InChI=1S/C12H19N3O/c1-9-6-13-8-11(9)12(16)14-7-10-4-3-5-15(10)2/h3-5,9,11,13H,6-8H2,1-2H3,(H,14,16)/t9-,11-/m1/s1. The number of carbonyl (C=O) groups is 1. The van der Waals surface area contributed by atoms with E-state index in [4.69, 9.17) is 0 Å². The number of aryl methyl sites for hydroxylation is 1. The van der Waals surface area contributed by atoms with Gasteiger partial charge in [-0.25, -0.2) is 0 Å². The van der Waals surface area contributed by atoms with Gasteiger partial charge in [0.05, 0.1) is 12.5 Å². The van der Waals surface area contributed by atoms with Crippen molar-refractivity contribution in [3.05, 3.63) is 24.0 Å². The summed E-state index contributed by atoms with van der Waals surface area (Å²) < 4.78 is 2.02. The lowest BCUT2D eigenvalue weighted by Gasteiger charge is -2.14. The number of nitrogens with one attached hydrogen (secondary N) is 2. The fraction of sp³-hybridized carbons (Fsp3) is 0.583. The second kappa shape index (κ2) is 4.70. The van der Waals surface area contributed by atoms with Gasteiger partial charge in [0.15, 0.2) is 0 Å². The zero-order valence-corrected chi connectivity index (χ0v) is 9.86. The van der Waals surface area contributed by atoms with Crippen molar-refractivity contribution in [1.82, 2.24) is 15.2 Å². The summed E-state index contributed by atoms with van der Waals surface area (Å²) in [5.74, 6) is 0.729. The van der Waals surface area contributed by atoms with Crippen molar-refractivity contribution < 1.29 is 4.79 Å². The summed E-state index contributed by atoms with van der Waals surface area (Å²) in [6, 6.07) is 4.01. The first-order valence-corrected chi connectivity index (χ1v) is 5.77. The maximum atomic E-state index is 11.9. The highest BCUT2D eigenvalue weighted by atomic mass is 16.1. The Balaban J connectivity index is 1.86. The van der Waals surface area contributed by atoms with Crippen molar-refractivity contribution in [2.75, 3.05) is 13.1 Å². The minimum absolute atomic E-state index is 0.125. The molecule has 16 heavy (non-hydrogen) atoms. The zero-order chi connectivity index (χ0) is 11.5. The molecule has 1 aliphatic heterocycles. The van der Waals surface area contributed by atoms with E-state index in [1.54, 1.807) is 0 Å². The Morgan fingerprint density at radius 2 is 2.44 bits per heavy atom. The van der Waals surface area contributed by atoms with E-state index in [1.807, 2.05) is 29.9 Å². The van der Waals surface area contributed by atoms with Crippen LogP contribution in [0, 0.1) is 11.8 Å². The second-order valence-electron chi connectivity index (χ2n) is 4.57. The van der Waals surface area contributed by atoms with Gasteiger partial charge in [-0.3, -0.25) is 4.79 Å². The number of aromatic nitrogens is 1. The molecular weight excluding hydrogens is 202 g/mol. The number of hydrogen-bond acceptors (Lipinski definition) is 2. The smallest absolute Gasteiger partial charge is 0.225 e. The average Bonchev–Trinajstić information content (AvgIpc) is 2.84. The van der Waals surface area contributed by atoms with Crippen LogP contribution in [0.4, 0.5) is 0 Å². The maximum Gasteiger partial charge on any atom is 0.225 e. The Kier molecular flexibility index (Phi) is 3.29. The highest BCUT2D eigenvalue weighted by Crippen LogP contribution is 2.15. The van der Waals surface area contributed by atoms with Crippen LogP contribution in [0.1, 0.15) is 12.6 Å².